The lowest BCUT2D eigenvalue weighted by Gasteiger charge is -2.07. The van der Waals surface area contributed by atoms with Crippen LogP contribution in [-0.2, 0) is 20.7 Å². The third kappa shape index (κ3) is 4.67. The van der Waals surface area contributed by atoms with Gasteiger partial charge >= 0.3 is 5.97 Å². The predicted molar refractivity (Wildman–Crippen MR) is 102 cm³/mol. The van der Waals surface area contributed by atoms with Gasteiger partial charge in [-0.3, -0.25) is 9.59 Å². The second kappa shape index (κ2) is 7.97. The van der Waals surface area contributed by atoms with E-state index >= 15 is 0 Å². The summed E-state index contributed by atoms with van der Waals surface area (Å²) in [5.41, 5.74) is 0.601. The quantitative estimate of drug-likeness (QED) is 0.504. The van der Waals surface area contributed by atoms with Crippen LogP contribution in [0, 0.1) is 0 Å². The van der Waals surface area contributed by atoms with E-state index in [2.05, 4.69) is 25.1 Å². The first-order valence-electron chi connectivity index (χ1n) is 9.11. The Morgan fingerprint density at radius 2 is 2.15 bits per heavy atom. The fourth-order valence-electron chi connectivity index (χ4n) is 2.77. The Morgan fingerprint density at radius 3 is 2.85 bits per heavy atom. The van der Waals surface area contributed by atoms with Gasteiger partial charge in [0, 0.05) is 17.3 Å². The number of carbonyl (C=O) groups excluding carboxylic acids is 2. The van der Waals surface area contributed by atoms with Crippen molar-refractivity contribution >= 4 is 40.1 Å². The molecule has 2 aliphatic rings. The van der Waals surface area contributed by atoms with Gasteiger partial charge in [-0.05, 0) is 32.6 Å². The zero-order chi connectivity index (χ0) is 18.8. The number of hydrogen-bond acceptors (Lipinski definition) is 8. The first kappa shape index (κ1) is 18.4. The van der Waals surface area contributed by atoms with Gasteiger partial charge in [-0.25, -0.2) is 4.98 Å². The molecule has 8 nitrogen and oxygen atoms in total. The number of nitrogens with zero attached hydrogens (tertiary/aromatic N) is 4. The molecule has 2 aliphatic carbocycles. The molecule has 144 valence electrons. The molecular weight excluding hydrogens is 386 g/mol. The smallest absolute Gasteiger partial charge is 0.311 e. The minimum Gasteiger partial charge on any atom is -0.466 e. The first-order valence-corrected chi connectivity index (χ1v) is 11.0. The molecule has 2 saturated carbocycles. The molecular formula is C17H21N5O3S2. The molecule has 0 aromatic carbocycles. The summed E-state index contributed by atoms with van der Waals surface area (Å²) in [5.74, 6) is 1.43. The highest BCUT2D eigenvalue weighted by atomic mass is 32.2. The van der Waals surface area contributed by atoms with Crippen LogP contribution in [0.4, 0.5) is 5.13 Å². The topological polar surface area (TPSA) is 99.0 Å². The van der Waals surface area contributed by atoms with Gasteiger partial charge in [-0.15, -0.1) is 21.5 Å². The van der Waals surface area contributed by atoms with Crippen molar-refractivity contribution in [2.45, 2.75) is 56.1 Å². The molecule has 2 aromatic rings. The van der Waals surface area contributed by atoms with Crippen LogP contribution in [0.15, 0.2) is 10.5 Å². The van der Waals surface area contributed by atoms with Gasteiger partial charge in [0.25, 0.3) is 0 Å². The molecule has 27 heavy (non-hydrogen) atoms. The van der Waals surface area contributed by atoms with Crippen LogP contribution in [0.5, 0.6) is 0 Å². The largest absolute Gasteiger partial charge is 0.466 e. The van der Waals surface area contributed by atoms with Gasteiger partial charge in [0.05, 0.1) is 24.5 Å². The second-order valence-corrected chi connectivity index (χ2v) is 8.48. The molecule has 2 heterocycles. The lowest BCUT2D eigenvalue weighted by atomic mass is 10.3. The van der Waals surface area contributed by atoms with Crippen LogP contribution in [-0.4, -0.2) is 44.0 Å². The number of thiazole rings is 1. The van der Waals surface area contributed by atoms with Crippen molar-refractivity contribution in [3.05, 3.63) is 16.9 Å². The summed E-state index contributed by atoms with van der Waals surface area (Å²) in [4.78, 5) is 28.0. The number of amides is 1. The predicted octanol–water partition coefficient (Wildman–Crippen LogP) is 2.78. The number of rotatable bonds is 9. The average molecular weight is 408 g/mol. The van der Waals surface area contributed by atoms with E-state index in [1.54, 1.807) is 12.3 Å². The molecule has 2 aromatic heterocycles. The summed E-state index contributed by atoms with van der Waals surface area (Å²) in [5, 5.41) is 14.5. The summed E-state index contributed by atoms with van der Waals surface area (Å²) >= 11 is 2.71. The van der Waals surface area contributed by atoms with E-state index in [0.717, 1.165) is 11.0 Å². The molecule has 0 aliphatic heterocycles. The Bertz CT molecular complexity index is 841. The summed E-state index contributed by atoms with van der Waals surface area (Å²) in [6.07, 6.45) is 4.82. The Labute approximate surface area is 165 Å². The molecule has 0 atom stereocenters. The van der Waals surface area contributed by atoms with E-state index in [9.17, 15) is 9.59 Å². The molecule has 2 fully saturated rings. The van der Waals surface area contributed by atoms with Crippen molar-refractivity contribution in [3.8, 4) is 0 Å². The number of ether oxygens (including phenoxy) is 1. The Morgan fingerprint density at radius 1 is 1.33 bits per heavy atom. The van der Waals surface area contributed by atoms with Crippen LogP contribution in [0.2, 0.25) is 0 Å². The number of nitrogens with one attached hydrogen (secondary N) is 1. The average Bonchev–Trinajstić information content (AvgIpc) is 3.57. The molecule has 0 saturated heterocycles. The van der Waals surface area contributed by atoms with Crippen LogP contribution in [0.25, 0.3) is 0 Å². The number of hydrogen-bond donors (Lipinski definition) is 1. The number of aromatic nitrogens is 4. The summed E-state index contributed by atoms with van der Waals surface area (Å²) < 4.78 is 7.13. The van der Waals surface area contributed by atoms with Gasteiger partial charge in [-0.2, -0.15) is 0 Å². The molecule has 0 radical (unpaired) electrons. The van der Waals surface area contributed by atoms with Crippen molar-refractivity contribution in [2.24, 2.45) is 0 Å². The highest BCUT2D eigenvalue weighted by molar-refractivity contribution is 7.99. The first-order chi connectivity index (χ1) is 13.1. The maximum absolute atomic E-state index is 12.3. The van der Waals surface area contributed by atoms with Gasteiger partial charge in [0.2, 0.25) is 5.91 Å². The second-order valence-electron chi connectivity index (χ2n) is 6.68. The third-order valence-corrected chi connectivity index (χ3v) is 6.06. The normalized spacial score (nSPS) is 16.3. The monoisotopic (exact) mass is 407 g/mol. The third-order valence-electron chi connectivity index (χ3n) is 4.31. The number of esters is 1. The maximum atomic E-state index is 12.3. The van der Waals surface area contributed by atoms with Gasteiger partial charge in [-0.1, -0.05) is 11.8 Å². The summed E-state index contributed by atoms with van der Waals surface area (Å²) in [6.45, 7) is 2.11. The Balaban J connectivity index is 1.30. The molecule has 1 N–H and O–H groups in total. The lowest BCUT2D eigenvalue weighted by molar-refractivity contribution is -0.142. The Hall–Kier alpha value is -1.94. The molecule has 0 spiro atoms. The van der Waals surface area contributed by atoms with Crippen LogP contribution >= 0.6 is 23.1 Å². The molecule has 10 heteroatoms. The van der Waals surface area contributed by atoms with Crippen molar-refractivity contribution < 1.29 is 14.3 Å². The maximum Gasteiger partial charge on any atom is 0.311 e. The zero-order valence-electron chi connectivity index (χ0n) is 15.0. The Kier molecular flexibility index (Phi) is 5.44. The lowest BCUT2D eigenvalue weighted by Crippen LogP contribution is -2.15. The van der Waals surface area contributed by atoms with Crippen molar-refractivity contribution in [3.63, 3.8) is 0 Å². The molecule has 0 bridgehead atoms. The number of anilines is 1. The highest BCUT2D eigenvalue weighted by Crippen LogP contribution is 2.45. The number of carbonyl (C=O) groups is 2. The molecule has 4 rings (SSSR count). The van der Waals surface area contributed by atoms with E-state index in [1.165, 1.54) is 48.8 Å². The van der Waals surface area contributed by atoms with Crippen molar-refractivity contribution in [1.29, 1.82) is 0 Å². The van der Waals surface area contributed by atoms with Crippen LogP contribution < -0.4 is 5.32 Å². The van der Waals surface area contributed by atoms with Crippen LogP contribution in [0.1, 0.15) is 56.1 Å². The zero-order valence-corrected chi connectivity index (χ0v) is 16.6. The van der Waals surface area contributed by atoms with Crippen molar-refractivity contribution in [2.75, 3.05) is 17.7 Å². The van der Waals surface area contributed by atoms with E-state index in [0.29, 0.717) is 29.4 Å². The van der Waals surface area contributed by atoms with Crippen molar-refractivity contribution in [1.82, 2.24) is 19.7 Å². The summed E-state index contributed by atoms with van der Waals surface area (Å²) in [7, 11) is 0. The van der Waals surface area contributed by atoms with Gasteiger partial charge in [0.15, 0.2) is 10.3 Å². The van der Waals surface area contributed by atoms with E-state index in [1.807, 2.05) is 0 Å². The van der Waals surface area contributed by atoms with Crippen LogP contribution in [0.3, 0.4) is 0 Å². The SMILES string of the molecule is CCOC(=O)Cc1csc(NC(=O)CSc2nnc(C3CC3)n2C2CC2)n1. The minimum absolute atomic E-state index is 0.114. The fourth-order valence-corrected chi connectivity index (χ4v) is 4.31. The highest BCUT2D eigenvalue weighted by Gasteiger charge is 2.36. The van der Waals surface area contributed by atoms with E-state index < -0.39 is 0 Å². The van der Waals surface area contributed by atoms with E-state index in [-0.39, 0.29) is 24.1 Å². The fraction of sp³-hybridized carbons (Fsp3) is 0.588. The number of thioether (sulfide) groups is 1. The summed E-state index contributed by atoms with van der Waals surface area (Å²) in [6, 6.07) is 0.505. The standard InChI is InChI=1S/C17H21N5O3S2/c1-2-25-14(24)7-11-8-26-16(18-11)19-13(23)9-27-17-21-20-15(10-3-4-10)22(17)12-5-6-12/h8,10,12H,2-7,9H2,1H3,(H,18,19,23). The van der Waals surface area contributed by atoms with E-state index in [4.69, 9.17) is 4.74 Å². The van der Waals surface area contributed by atoms with Gasteiger partial charge < -0.3 is 14.6 Å². The molecule has 1 amide bonds. The minimum atomic E-state index is -0.317. The van der Waals surface area contributed by atoms with Gasteiger partial charge in [0.1, 0.15) is 5.82 Å². The molecule has 0 unspecified atom stereocenters.